The van der Waals surface area contributed by atoms with E-state index in [0.29, 0.717) is 42.1 Å². The van der Waals surface area contributed by atoms with Gasteiger partial charge >= 0.3 is 0 Å². The first-order chi connectivity index (χ1) is 13.7. The van der Waals surface area contributed by atoms with Crippen LogP contribution in [-0.2, 0) is 10.0 Å². The van der Waals surface area contributed by atoms with E-state index < -0.39 is 15.9 Å². The number of rotatable bonds is 6. The number of carbonyl (C=O) groups excluding carboxylic acids is 2. The molecule has 0 radical (unpaired) electrons. The van der Waals surface area contributed by atoms with Crippen LogP contribution in [0, 0.1) is 0 Å². The second-order valence-electron chi connectivity index (χ2n) is 7.00. The van der Waals surface area contributed by atoms with Gasteiger partial charge in [-0.1, -0.05) is 0 Å². The lowest BCUT2D eigenvalue weighted by molar-refractivity contribution is 0.0703. The Kier molecular flexibility index (Phi) is 6.19. The smallest absolute Gasteiger partial charge is 0.253 e. The van der Waals surface area contributed by atoms with Gasteiger partial charge < -0.3 is 15.4 Å². The molecule has 0 bridgehead atoms. The van der Waals surface area contributed by atoms with Crippen molar-refractivity contribution in [3.63, 3.8) is 0 Å². The van der Waals surface area contributed by atoms with Crippen molar-refractivity contribution in [2.75, 3.05) is 19.3 Å². The summed E-state index contributed by atoms with van der Waals surface area (Å²) in [6, 6.07) is 12.9. The number of benzene rings is 2. The summed E-state index contributed by atoms with van der Waals surface area (Å²) in [6.07, 6.45) is 2.56. The zero-order valence-electron chi connectivity index (χ0n) is 16.0. The molecule has 3 N–H and O–H groups in total. The molecule has 1 aliphatic heterocycles. The van der Waals surface area contributed by atoms with Crippen molar-refractivity contribution in [2.45, 2.75) is 18.9 Å². The minimum Gasteiger partial charge on any atom is -0.457 e. The molecule has 0 saturated carbocycles. The van der Waals surface area contributed by atoms with Crippen LogP contribution in [0.2, 0.25) is 0 Å². The highest BCUT2D eigenvalue weighted by atomic mass is 32.2. The molecule has 1 atom stereocenters. The molecule has 2 aromatic rings. The number of piperidine rings is 1. The number of nitrogens with two attached hydrogens (primary N) is 1. The van der Waals surface area contributed by atoms with E-state index in [1.807, 2.05) is 0 Å². The standard InChI is InChI=1S/C20H23N3O5S/c1-29(26,27)22-16-3-2-12-23(13-16)20(25)15-6-10-18(11-7-15)28-17-8-4-14(5-9-17)19(21)24/h4-11,16,22H,2-3,12-13H2,1H3,(H2,21,24). The van der Waals surface area contributed by atoms with Gasteiger partial charge in [-0.3, -0.25) is 9.59 Å². The molecular formula is C20H23N3O5S. The zero-order chi connectivity index (χ0) is 21.0. The first-order valence-electron chi connectivity index (χ1n) is 9.15. The van der Waals surface area contributed by atoms with Gasteiger partial charge in [0, 0.05) is 30.3 Å². The number of nitrogens with zero attached hydrogens (tertiary/aromatic N) is 1. The van der Waals surface area contributed by atoms with Gasteiger partial charge in [-0.15, -0.1) is 0 Å². The fraction of sp³-hybridized carbons (Fsp3) is 0.300. The predicted molar refractivity (Wildman–Crippen MR) is 108 cm³/mol. The Balaban J connectivity index is 1.63. The first kappa shape index (κ1) is 20.8. The van der Waals surface area contributed by atoms with Crippen molar-refractivity contribution in [1.29, 1.82) is 0 Å². The van der Waals surface area contributed by atoms with Crippen LogP contribution < -0.4 is 15.2 Å². The van der Waals surface area contributed by atoms with E-state index >= 15 is 0 Å². The molecule has 0 aliphatic carbocycles. The summed E-state index contributed by atoms with van der Waals surface area (Å²) in [5.41, 5.74) is 6.11. The molecule has 0 spiro atoms. The van der Waals surface area contributed by atoms with Crippen molar-refractivity contribution in [1.82, 2.24) is 9.62 Å². The van der Waals surface area contributed by atoms with Crippen LogP contribution in [0.1, 0.15) is 33.6 Å². The maximum Gasteiger partial charge on any atom is 0.253 e. The summed E-state index contributed by atoms with van der Waals surface area (Å²) >= 11 is 0. The molecular weight excluding hydrogens is 394 g/mol. The fourth-order valence-corrected chi connectivity index (χ4v) is 4.03. The normalized spacial score (nSPS) is 17.0. The summed E-state index contributed by atoms with van der Waals surface area (Å²) in [4.78, 5) is 25.5. The van der Waals surface area contributed by atoms with Crippen molar-refractivity contribution in [3.8, 4) is 11.5 Å². The molecule has 154 valence electrons. The predicted octanol–water partition coefficient (Wildman–Crippen LogP) is 1.73. The van der Waals surface area contributed by atoms with Gasteiger partial charge in [0.05, 0.1) is 6.26 Å². The Hall–Kier alpha value is -2.91. The Morgan fingerprint density at radius 3 is 2.10 bits per heavy atom. The maximum absolute atomic E-state index is 12.7. The third-order valence-corrected chi connectivity index (χ3v) is 5.33. The number of primary amides is 1. The molecule has 1 saturated heterocycles. The van der Waals surface area contributed by atoms with Crippen molar-refractivity contribution >= 4 is 21.8 Å². The SMILES string of the molecule is CS(=O)(=O)NC1CCCN(C(=O)c2ccc(Oc3ccc(C(N)=O)cc3)cc2)C1. The quantitative estimate of drug-likeness (QED) is 0.742. The number of likely N-dealkylation sites (tertiary alicyclic amines) is 1. The third-order valence-electron chi connectivity index (χ3n) is 4.57. The lowest BCUT2D eigenvalue weighted by atomic mass is 10.1. The van der Waals surface area contributed by atoms with Gasteiger partial charge in [-0.25, -0.2) is 13.1 Å². The van der Waals surface area contributed by atoms with Gasteiger partial charge in [0.25, 0.3) is 5.91 Å². The van der Waals surface area contributed by atoms with Gasteiger partial charge in [-0.05, 0) is 61.4 Å². The molecule has 3 rings (SSSR count). The van der Waals surface area contributed by atoms with Crippen LogP contribution in [0.5, 0.6) is 11.5 Å². The summed E-state index contributed by atoms with van der Waals surface area (Å²) in [7, 11) is -3.31. The Morgan fingerprint density at radius 2 is 1.59 bits per heavy atom. The average molecular weight is 417 g/mol. The lowest BCUT2D eigenvalue weighted by Crippen LogP contribution is -2.49. The second-order valence-corrected chi connectivity index (χ2v) is 8.78. The summed E-state index contributed by atoms with van der Waals surface area (Å²) in [6.45, 7) is 0.932. The van der Waals surface area contributed by atoms with Crippen LogP contribution in [-0.4, -0.2) is 50.5 Å². The molecule has 1 unspecified atom stereocenters. The Labute approximate surface area is 169 Å². The summed E-state index contributed by atoms with van der Waals surface area (Å²) in [5, 5.41) is 0. The average Bonchev–Trinajstić information content (AvgIpc) is 2.67. The van der Waals surface area contributed by atoms with Gasteiger partial charge in [0.15, 0.2) is 0 Å². The number of amides is 2. The number of ether oxygens (including phenoxy) is 1. The third kappa shape index (κ3) is 5.78. The van der Waals surface area contributed by atoms with Gasteiger partial charge in [-0.2, -0.15) is 0 Å². The van der Waals surface area contributed by atoms with E-state index in [4.69, 9.17) is 10.5 Å². The summed E-state index contributed by atoms with van der Waals surface area (Å²) in [5.74, 6) is 0.428. The topological polar surface area (TPSA) is 119 Å². The highest BCUT2D eigenvalue weighted by Gasteiger charge is 2.26. The molecule has 2 aromatic carbocycles. The monoisotopic (exact) mass is 417 g/mol. The van der Waals surface area contributed by atoms with Gasteiger partial charge in [0.1, 0.15) is 11.5 Å². The minimum absolute atomic E-state index is 0.151. The fourth-order valence-electron chi connectivity index (χ4n) is 3.23. The highest BCUT2D eigenvalue weighted by molar-refractivity contribution is 7.88. The van der Waals surface area contributed by atoms with E-state index in [1.54, 1.807) is 53.4 Å². The second kappa shape index (κ2) is 8.62. The van der Waals surface area contributed by atoms with Crippen molar-refractivity contribution in [3.05, 3.63) is 59.7 Å². The maximum atomic E-state index is 12.7. The minimum atomic E-state index is -3.31. The van der Waals surface area contributed by atoms with Crippen LogP contribution in [0.25, 0.3) is 0 Å². The number of nitrogens with one attached hydrogen (secondary N) is 1. The number of hydrogen-bond donors (Lipinski definition) is 2. The largest absolute Gasteiger partial charge is 0.457 e. The molecule has 1 aliphatic rings. The van der Waals surface area contributed by atoms with E-state index in [1.165, 1.54) is 0 Å². The van der Waals surface area contributed by atoms with Gasteiger partial charge in [0.2, 0.25) is 15.9 Å². The molecule has 29 heavy (non-hydrogen) atoms. The first-order valence-corrected chi connectivity index (χ1v) is 11.0. The van der Waals surface area contributed by atoms with Crippen molar-refractivity contribution < 1.29 is 22.7 Å². The molecule has 1 fully saturated rings. The van der Waals surface area contributed by atoms with Crippen molar-refractivity contribution in [2.24, 2.45) is 5.73 Å². The van der Waals surface area contributed by atoms with E-state index in [0.717, 1.165) is 12.7 Å². The van der Waals surface area contributed by atoms with Crippen LogP contribution in [0.4, 0.5) is 0 Å². The Bertz CT molecular complexity index is 988. The van der Waals surface area contributed by atoms with Crippen LogP contribution >= 0.6 is 0 Å². The van der Waals surface area contributed by atoms with E-state index in [-0.39, 0.29) is 11.9 Å². The van der Waals surface area contributed by atoms with Crippen LogP contribution in [0.15, 0.2) is 48.5 Å². The Morgan fingerprint density at radius 1 is 1.03 bits per heavy atom. The molecule has 2 amide bonds. The van der Waals surface area contributed by atoms with Crippen LogP contribution in [0.3, 0.4) is 0 Å². The van der Waals surface area contributed by atoms with E-state index in [2.05, 4.69) is 4.72 Å². The molecule has 9 heteroatoms. The molecule has 8 nitrogen and oxygen atoms in total. The van der Waals surface area contributed by atoms with E-state index in [9.17, 15) is 18.0 Å². The number of hydrogen-bond acceptors (Lipinski definition) is 5. The number of sulfonamides is 1. The molecule has 1 heterocycles. The number of carbonyl (C=O) groups is 2. The highest BCUT2D eigenvalue weighted by Crippen LogP contribution is 2.23. The lowest BCUT2D eigenvalue weighted by Gasteiger charge is -2.32. The zero-order valence-corrected chi connectivity index (χ0v) is 16.8. The summed E-state index contributed by atoms with van der Waals surface area (Å²) < 4.78 is 31.2. The molecule has 0 aromatic heterocycles.